The van der Waals surface area contributed by atoms with E-state index in [1.807, 2.05) is 11.8 Å². The number of nitrogens with zero attached hydrogens (tertiary/aromatic N) is 1. The van der Waals surface area contributed by atoms with E-state index in [2.05, 4.69) is 5.32 Å². The minimum atomic E-state index is -0.746. The average Bonchev–Trinajstić information content (AvgIpc) is 3.27. The molecule has 0 bridgehead atoms. The van der Waals surface area contributed by atoms with Crippen LogP contribution < -0.4 is 5.32 Å². The maximum Gasteiger partial charge on any atom is 0.317 e. The van der Waals surface area contributed by atoms with E-state index in [9.17, 15) is 9.59 Å². The first-order chi connectivity index (χ1) is 10.1. The fraction of sp³-hybridized carbons (Fsp3) is 0.875. The molecule has 1 heterocycles. The summed E-state index contributed by atoms with van der Waals surface area (Å²) >= 11 is 0. The van der Waals surface area contributed by atoms with Gasteiger partial charge >= 0.3 is 12.0 Å². The first kappa shape index (κ1) is 16.1. The Morgan fingerprint density at radius 3 is 2.76 bits per heavy atom. The molecule has 0 spiro atoms. The van der Waals surface area contributed by atoms with Gasteiger partial charge in [-0.3, -0.25) is 4.79 Å². The van der Waals surface area contributed by atoms with Crippen LogP contribution in [-0.4, -0.2) is 41.6 Å². The number of rotatable bonds is 7. The van der Waals surface area contributed by atoms with Crippen LogP contribution in [0.3, 0.4) is 0 Å². The van der Waals surface area contributed by atoms with Gasteiger partial charge in [0, 0.05) is 26.1 Å². The summed E-state index contributed by atoms with van der Waals surface area (Å²) in [5.41, 5.74) is 0. The number of likely N-dealkylation sites (tertiary alicyclic amines) is 1. The summed E-state index contributed by atoms with van der Waals surface area (Å²) < 4.78 is 0. The highest BCUT2D eigenvalue weighted by molar-refractivity contribution is 5.74. The number of aliphatic carboxylic acids is 1. The van der Waals surface area contributed by atoms with Gasteiger partial charge in [0.15, 0.2) is 0 Å². The van der Waals surface area contributed by atoms with Gasteiger partial charge in [-0.15, -0.1) is 0 Å². The molecule has 1 saturated heterocycles. The van der Waals surface area contributed by atoms with E-state index in [0.29, 0.717) is 12.5 Å². The van der Waals surface area contributed by atoms with Crippen LogP contribution >= 0.6 is 0 Å². The molecule has 2 rings (SSSR count). The third-order valence-electron chi connectivity index (χ3n) is 4.81. The number of carboxylic acid groups (broad SMARTS) is 1. The predicted octanol–water partition coefficient (Wildman–Crippen LogP) is 2.71. The topological polar surface area (TPSA) is 69.6 Å². The molecule has 2 atom stereocenters. The maximum absolute atomic E-state index is 12.1. The molecule has 2 amide bonds. The van der Waals surface area contributed by atoms with Crippen molar-refractivity contribution < 1.29 is 14.7 Å². The van der Waals surface area contributed by atoms with E-state index < -0.39 is 5.97 Å². The average molecular weight is 296 g/mol. The molecular formula is C16H28N2O3. The summed E-state index contributed by atoms with van der Waals surface area (Å²) in [6, 6.07) is 0.0259. The molecule has 2 unspecified atom stereocenters. The van der Waals surface area contributed by atoms with Crippen LogP contribution in [0, 0.1) is 17.8 Å². The molecule has 1 saturated carbocycles. The SMILES string of the molecule is CC(CC(=O)O)C1CCCN(C(=O)NCCCC2CC2)C1. The Hall–Kier alpha value is -1.26. The summed E-state index contributed by atoms with van der Waals surface area (Å²) in [6.07, 6.45) is 7.24. The van der Waals surface area contributed by atoms with Crippen molar-refractivity contribution in [2.75, 3.05) is 19.6 Å². The lowest BCUT2D eigenvalue weighted by Crippen LogP contribution is -2.47. The van der Waals surface area contributed by atoms with Crippen LogP contribution in [0.2, 0.25) is 0 Å². The quantitative estimate of drug-likeness (QED) is 0.710. The van der Waals surface area contributed by atoms with Gasteiger partial charge in [-0.2, -0.15) is 0 Å². The van der Waals surface area contributed by atoms with Crippen molar-refractivity contribution in [2.45, 2.75) is 51.9 Å². The largest absolute Gasteiger partial charge is 0.481 e. The Labute approximate surface area is 127 Å². The van der Waals surface area contributed by atoms with Gasteiger partial charge in [0.25, 0.3) is 0 Å². The number of carboxylic acids is 1. The number of piperidine rings is 1. The van der Waals surface area contributed by atoms with E-state index in [4.69, 9.17) is 5.11 Å². The lowest BCUT2D eigenvalue weighted by atomic mass is 9.85. The molecule has 0 aromatic rings. The highest BCUT2D eigenvalue weighted by Gasteiger charge is 2.28. The molecule has 5 nitrogen and oxygen atoms in total. The fourth-order valence-corrected chi connectivity index (χ4v) is 3.21. The minimum absolute atomic E-state index is 0.0259. The van der Waals surface area contributed by atoms with Crippen LogP contribution in [0.25, 0.3) is 0 Å². The van der Waals surface area contributed by atoms with Crippen molar-refractivity contribution >= 4 is 12.0 Å². The van der Waals surface area contributed by atoms with Crippen molar-refractivity contribution in [1.29, 1.82) is 0 Å². The Morgan fingerprint density at radius 2 is 2.10 bits per heavy atom. The molecule has 21 heavy (non-hydrogen) atoms. The van der Waals surface area contributed by atoms with Gasteiger partial charge in [-0.25, -0.2) is 4.79 Å². The molecule has 120 valence electrons. The molecule has 1 aliphatic heterocycles. The Balaban J connectivity index is 1.68. The van der Waals surface area contributed by atoms with Gasteiger partial charge in [-0.05, 0) is 43.4 Å². The van der Waals surface area contributed by atoms with Crippen molar-refractivity contribution in [3.05, 3.63) is 0 Å². The molecule has 0 aromatic heterocycles. The zero-order chi connectivity index (χ0) is 15.2. The van der Waals surface area contributed by atoms with Crippen molar-refractivity contribution in [2.24, 2.45) is 17.8 Å². The van der Waals surface area contributed by atoms with Crippen LogP contribution in [0.4, 0.5) is 4.79 Å². The van der Waals surface area contributed by atoms with E-state index in [1.54, 1.807) is 0 Å². The third kappa shape index (κ3) is 5.56. The Kier molecular flexibility index (Phi) is 5.88. The van der Waals surface area contributed by atoms with Crippen molar-refractivity contribution in [3.63, 3.8) is 0 Å². The minimum Gasteiger partial charge on any atom is -0.481 e. The van der Waals surface area contributed by atoms with Gasteiger partial charge in [-0.1, -0.05) is 19.8 Å². The summed E-state index contributed by atoms with van der Waals surface area (Å²) in [7, 11) is 0. The molecule has 2 N–H and O–H groups in total. The zero-order valence-electron chi connectivity index (χ0n) is 13.0. The van der Waals surface area contributed by atoms with Gasteiger partial charge in [0.05, 0.1) is 0 Å². The molecule has 0 aromatic carbocycles. The summed E-state index contributed by atoms with van der Waals surface area (Å²) in [5, 5.41) is 11.9. The molecule has 0 radical (unpaired) electrons. The van der Waals surface area contributed by atoms with Crippen LogP contribution in [0.1, 0.15) is 51.9 Å². The zero-order valence-corrected chi connectivity index (χ0v) is 13.0. The lowest BCUT2D eigenvalue weighted by Gasteiger charge is -2.35. The first-order valence-corrected chi connectivity index (χ1v) is 8.31. The van der Waals surface area contributed by atoms with E-state index in [-0.39, 0.29) is 18.4 Å². The number of hydrogen-bond acceptors (Lipinski definition) is 2. The van der Waals surface area contributed by atoms with E-state index in [0.717, 1.165) is 38.3 Å². The molecule has 2 fully saturated rings. The summed E-state index contributed by atoms with van der Waals surface area (Å²) in [6.45, 7) is 4.24. The highest BCUT2D eigenvalue weighted by Crippen LogP contribution is 2.33. The van der Waals surface area contributed by atoms with Gasteiger partial charge in [0.1, 0.15) is 0 Å². The monoisotopic (exact) mass is 296 g/mol. The summed E-state index contributed by atoms with van der Waals surface area (Å²) in [5.74, 6) is 0.613. The smallest absolute Gasteiger partial charge is 0.317 e. The lowest BCUT2D eigenvalue weighted by molar-refractivity contribution is -0.138. The third-order valence-corrected chi connectivity index (χ3v) is 4.81. The second kappa shape index (κ2) is 7.66. The molecule has 5 heteroatoms. The second-order valence-corrected chi connectivity index (χ2v) is 6.74. The first-order valence-electron chi connectivity index (χ1n) is 8.31. The number of hydrogen-bond donors (Lipinski definition) is 2. The standard InChI is InChI=1S/C16H28N2O3/c1-12(10-15(19)20)14-5-3-9-18(11-14)16(21)17-8-2-4-13-6-7-13/h12-14H,2-11H2,1H3,(H,17,21)(H,19,20). The molecular weight excluding hydrogens is 268 g/mol. The fourth-order valence-electron chi connectivity index (χ4n) is 3.21. The van der Waals surface area contributed by atoms with Crippen LogP contribution in [0.15, 0.2) is 0 Å². The normalized spacial score (nSPS) is 23.7. The number of carbonyl (C=O) groups excluding carboxylic acids is 1. The van der Waals surface area contributed by atoms with Crippen molar-refractivity contribution in [3.8, 4) is 0 Å². The Morgan fingerprint density at radius 1 is 1.33 bits per heavy atom. The van der Waals surface area contributed by atoms with E-state index >= 15 is 0 Å². The highest BCUT2D eigenvalue weighted by atomic mass is 16.4. The maximum atomic E-state index is 12.1. The Bertz CT molecular complexity index is 369. The van der Waals surface area contributed by atoms with Crippen LogP contribution in [-0.2, 0) is 4.79 Å². The van der Waals surface area contributed by atoms with E-state index in [1.165, 1.54) is 19.3 Å². The van der Waals surface area contributed by atoms with Crippen molar-refractivity contribution in [1.82, 2.24) is 10.2 Å². The molecule has 1 aliphatic carbocycles. The summed E-state index contributed by atoms with van der Waals surface area (Å²) in [4.78, 5) is 24.8. The number of carbonyl (C=O) groups is 2. The number of nitrogens with one attached hydrogen (secondary N) is 1. The number of amides is 2. The second-order valence-electron chi connectivity index (χ2n) is 6.74. The van der Waals surface area contributed by atoms with Gasteiger partial charge in [0.2, 0.25) is 0 Å². The number of urea groups is 1. The van der Waals surface area contributed by atoms with Crippen LogP contribution in [0.5, 0.6) is 0 Å². The van der Waals surface area contributed by atoms with Gasteiger partial charge < -0.3 is 15.3 Å². The predicted molar refractivity (Wildman–Crippen MR) is 81.1 cm³/mol. The molecule has 2 aliphatic rings.